The van der Waals surface area contributed by atoms with Gasteiger partial charge in [-0.2, -0.15) is 18.3 Å². The highest BCUT2D eigenvalue weighted by Crippen LogP contribution is 2.41. The molecule has 38 heavy (non-hydrogen) atoms. The summed E-state index contributed by atoms with van der Waals surface area (Å²) in [7, 11) is 1.56. The zero-order valence-electron chi connectivity index (χ0n) is 19.6. The first-order chi connectivity index (χ1) is 18.2. The molecule has 3 aromatic carbocycles. The predicted octanol–water partition coefficient (Wildman–Crippen LogP) is 6.76. The van der Waals surface area contributed by atoms with Crippen molar-refractivity contribution in [3.63, 3.8) is 0 Å². The lowest BCUT2D eigenvalue weighted by Crippen LogP contribution is -2.16. The standard InChI is InChI=1S/C26H18ClF3N6O2/c1-38-19-8-6-18(7-9-19)36(24-20-13-33-35-23(20)31-14-32-24)22-12-17(5-10-21(22)27)34-25(37)15-3-2-4-16(11-15)26(28,29)30/h2-14H,1H3,(H,34,37)(H,31,32,33,35). The largest absolute Gasteiger partial charge is 0.497 e. The number of ether oxygens (including phenoxy) is 1. The van der Waals surface area contributed by atoms with Crippen molar-refractivity contribution in [3.8, 4) is 5.75 Å². The molecular weight excluding hydrogens is 521 g/mol. The Hall–Kier alpha value is -4.64. The molecular formula is C26H18ClF3N6O2. The van der Waals surface area contributed by atoms with Gasteiger partial charge in [-0.15, -0.1) is 0 Å². The van der Waals surface area contributed by atoms with Gasteiger partial charge in [-0.25, -0.2) is 9.97 Å². The Morgan fingerprint density at radius 1 is 1.05 bits per heavy atom. The van der Waals surface area contributed by atoms with Crippen LogP contribution in [0.2, 0.25) is 5.02 Å². The van der Waals surface area contributed by atoms with Crippen LogP contribution in [0.5, 0.6) is 5.75 Å². The first-order valence-electron chi connectivity index (χ1n) is 11.1. The number of nitrogens with zero attached hydrogens (tertiary/aromatic N) is 4. The molecule has 0 spiro atoms. The average Bonchev–Trinajstić information content (AvgIpc) is 3.40. The van der Waals surface area contributed by atoms with Gasteiger partial charge in [-0.1, -0.05) is 17.7 Å². The van der Waals surface area contributed by atoms with Crippen LogP contribution >= 0.6 is 11.6 Å². The summed E-state index contributed by atoms with van der Waals surface area (Å²) < 4.78 is 44.6. The summed E-state index contributed by atoms with van der Waals surface area (Å²) in [5, 5.41) is 10.4. The number of halogens is 4. The summed E-state index contributed by atoms with van der Waals surface area (Å²) in [4.78, 5) is 23.2. The van der Waals surface area contributed by atoms with Gasteiger partial charge in [-0.3, -0.25) is 14.8 Å². The number of hydrogen-bond donors (Lipinski definition) is 2. The minimum atomic E-state index is -4.57. The monoisotopic (exact) mass is 538 g/mol. The molecule has 0 atom stereocenters. The van der Waals surface area contributed by atoms with Crippen molar-refractivity contribution in [3.05, 3.63) is 95.4 Å². The zero-order valence-corrected chi connectivity index (χ0v) is 20.4. The van der Waals surface area contributed by atoms with Crippen LogP contribution in [-0.4, -0.2) is 33.2 Å². The van der Waals surface area contributed by atoms with Gasteiger partial charge in [0, 0.05) is 16.9 Å². The molecule has 2 heterocycles. The number of hydrogen-bond acceptors (Lipinski definition) is 6. The van der Waals surface area contributed by atoms with E-state index in [9.17, 15) is 18.0 Å². The smallest absolute Gasteiger partial charge is 0.416 e. The molecule has 0 saturated carbocycles. The fourth-order valence-electron chi connectivity index (χ4n) is 3.84. The average molecular weight is 539 g/mol. The molecule has 12 heteroatoms. The number of nitrogens with one attached hydrogen (secondary N) is 2. The number of alkyl halides is 3. The van der Waals surface area contributed by atoms with E-state index in [2.05, 4.69) is 25.5 Å². The van der Waals surface area contributed by atoms with E-state index in [0.29, 0.717) is 44.7 Å². The molecule has 0 aliphatic carbocycles. The molecule has 2 aromatic heterocycles. The van der Waals surface area contributed by atoms with E-state index in [1.807, 2.05) is 0 Å². The van der Waals surface area contributed by atoms with Crippen molar-refractivity contribution in [2.45, 2.75) is 6.18 Å². The summed E-state index contributed by atoms with van der Waals surface area (Å²) >= 11 is 6.63. The number of benzene rings is 3. The summed E-state index contributed by atoms with van der Waals surface area (Å²) in [5.41, 5.74) is 0.858. The Bertz CT molecular complexity index is 1620. The van der Waals surface area contributed by atoms with Gasteiger partial charge in [0.1, 0.15) is 12.1 Å². The second-order valence-corrected chi connectivity index (χ2v) is 8.47. The Kier molecular flexibility index (Phi) is 6.60. The third-order valence-corrected chi connectivity index (χ3v) is 5.99. The van der Waals surface area contributed by atoms with Crippen LogP contribution in [0.4, 0.5) is 36.1 Å². The maximum Gasteiger partial charge on any atom is 0.416 e. The highest BCUT2D eigenvalue weighted by molar-refractivity contribution is 6.34. The molecule has 0 aliphatic heterocycles. The van der Waals surface area contributed by atoms with E-state index >= 15 is 0 Å². The fourth-order valence-corrected chi connectivity index (χ4v) is 4.04. The number of H-pyrrole nitrogens is 1. The van der Waals surface area contributed by atoms with Crippen LogP contribution < -0.4 is 15.0 Å². The SMILES string of the molecule is COc1ccc(N(c2cc(NC(=O)c3cccc(C(F)(F)F)c3)ccc2Cl)c2ncnc3[nH]ncc23)cc1. The van der Waals surface area contributed by atoms with Crippen molar-refractivity contribution in [1.82, 2.24) is 20.2 Å². The third-order valence-electron chi connectivity index (χ3n) is 5.67. The number of fused-ring (bicyclic) bond motifs is 1. The lowest BCUT2D eigenvalue weighted by atomic mass is 10.1. The van der Waals surface area contributed by atoms with Crippen molar-refractivity contribution in [2.75, 3.05) is 17.3 Å². The number of amides is 1. The molecule has 0 saturated heterocycles. The van der Waals surface area contributed by atoms with Gasteiger partial charge in [-0.05, 0) is 60.7 Å². The lowest BCUT2D eigenvalue weighted by Gasteiger charge is -2.26. The van der Waals surface area contributed by atoms with E-state index < -0.39 is 17.6 Å². The Morgan fingerprint density at radius 3 is 2.58 bits per heavy atom. The lowest BCUT2D eigenvalue weighted by molar-refractivity contribution is -0.137. The van der Waals surface area contributed by atoms with Crippen LogP contribution in [-0.2, 0) is 6.18 Å². The topological polar surface area (TPSA) is 96.0 Å². The molecule has 0 bridgehead atoms. The quantitative estimate of drug-likeness (QED) is 0.248. The molecule has 8 nitrogen and oxygen atoms in total. The summed E-state index contributed by atoms with van der Waals surface area (Å²) in [6.07, 6.45) is -1.62. The van der Waals surface area contributed by atoms with Gasteiger partial charge >= 0.3 is 6.18 Å². The third kappa shape index (κ3) is 4.96. The second-order valence-electron chi connectivity index (χ2n) is 8.06. The van der Waals surface area contributed by atoms with E-state index in [-0.39, 0.29) is 5.56 Å². The highest BCUT2D eigenvalue weighted by atomic mass is 35.5. The molecule has 5 rings (SSSR count). The predicted molar refractivity (Wildman–Crippen MR) is 137 cm³/mol. The molecule has 0 aliphatic rings. The molecule has 1 amide bonds. The van der Waals surface area contributed by atoms with Crippen LogP contribution in [0.1, 0.15) is 15.9 Å². The van der Waals surface area contributed by atoms with Crippen LogP contribution in [0.3, 0.4) is 0 Å². The Balaban J connectivity index is 1.57. The van der Waals surface area contributed by atoms with Gasteiger partial charge in [0.2, 0.25) is 0 Å². The number of carbonyl (C=O) groups excluding carboxylic acids is 1. The van der Waals surface area contributed by atoms with Gasteiger partial charge in [0.25, 0.3) is 5.91 Å². The maximum absolute atomic E-state index is 13.1. The maximum atomic E-state index is 13.1. The van der Waals surface area contributed by atoms with Crippen LogP contribution in [0.15, 0.2) is 79.3 Å². The first-order valence-corrected chi connectivity index (χ1v) is 11.5. The molecule has 5 aromatic rings. The zero-order chi connectivity index (χ0) is 26.9. The number of carbonyl (C=O) groups is 1. The Labute approximate surface area is 219 Å². The van der Waals surface area contributed by atoms with Gasteiger partial charge < -0.3 is 10.1 Å². The molecule has 2 N–H and O–H groups in total. The number of methoxy groups -OCH3 is 1. The van der Waals surface area contributed by atoms with E-state index in [1.54, 1.807) is 60.7 Å². The molecule has 0 fully saturated rings. The van der Waals surface area contributed by atoms with Crippen molar-refractivity contribution < 1.29 is 22.7 Å². The van der Waals surface area contributed by atoms with Crippen molar-refractivity contribution in [2.24, 2.45) is 0 Å². The highest BCUT2D eigenvalue weighted by Gasteiger charge is 2.31. The number of aromatic nitrogens is 4. The van der Waals surface area contributed by atoms with E-state index in [1.165, 1.54) is 18.5 Å². The first kappa shape index (κ1) is 25.0. The summed E-state index contributed by atoms with van der Waals surface area (Å²) in [6, 6.07) is 16.1. The number of anilines is 4. The summed E-state index contributed by atoms with van der Waals surface area (Å²) in [5.74, 6) is 0.384. The fraction of sp³-hybridized carbons (Fsp3) is 0.0769. The van der Waals surface area contributed by atoms with Crippen LogP contribution in [0.25, 0.3) is 11.0 Å². The molecule has 0 unspecified atom stereocenters. The Morgan fingerprint density at radius 2 is 1.84 bits per heavy atom. The molecule has 0 radical (unpaired) electrons. The number of rotatable bonds is 6. The van der Waals surface area contributed by atoms with Gasteiger partial charge in [0.15, 0.2) is 11.5 Å². The minimum absolute atomic E-state index is 0.140. The second kappa shape index (κ2) is 10.0. The normalized spacial score (nSPS) is 11.4. The minimum Gasteiger partial charge on any atom is -0.497 e. The van der Waals surface area contributed by atoms with E-state index in [4.69, 9.17) is 16.3 Å². The van der Waals surface area contributed by atoms with Gasteiger partial charge in [0.05, 0.1) is 35.0 Å². The van der Waals surface area contributed by atoms with Crippen LogP contribution in [0, 0.1) is 0 Å². The van der Waals surface area contributed by atoms with Crippen molar-refractivity contribution >= 4 is 51.4 Å². The summed E-state index contributed by atoms with van der Waals surface area (Å²) in [6.45, 7) is 0. The van der Waals surface area contributed by atoms with Crippen molar-refractivity contribution in [1.29, 1.82) is 0 Å². The number of aromatic amines is 1. The van der Waals surface area contributed by atoms with E-state index in [0.717, 1.165) is 12.1 Å². The molecule has 192 valence electrons.